The van der Waals surface area contributed by atoms with E-state index in [1.165, 1.54) is 60.5 Å². The molecule has 1 amide bonds. The van der Waals surface area contributed by atoms with Crippen LogP contribution in [0.25, 0.3) is 0 Å². The lowest BCUT2D eigenvalue weighted by Gasteiger charge is -2.26. The van der Waals surface area contributed by atoms with Crippen molar-refractivity contribution >= 4 is 56.4 Å². The van der Waals surface area contributed by atoms with Crippen LogP contribution in [0.3, 0.4) is 0 Å². The molecule has 0 unspecified atom stereocenters. The molecular weight excluding hydrogens is 498 g/mol. The Balaban J connectivity index is 1.97. The molecular formula is C22H18Cl3FN2O3S. The van der Waals surface area contributed by atoms with Gasteiger partial charge in [0, 0.05) is 39.9 Å². The van der Waals surface area contributed by atoms with E-state index in [4.69, 9.17) is 34.8 Å². The van der Waals surface area contributed by atoms with Crippen LogP contribution in [0.15, 0.2) is 71.6 Å². The summed E-state index contributed by atoms with van der Waals surface area (Å²) in [5.74, 6) is -0.979. The first-order chi connectivity index (χ1) is 15.1. The van der Waals surface area contributed by atoms with Crippen molar-refractivity contribution in [3.05, 3.63) is 93.2 Å². The Morgan fingerprint density at radius 1 is 0.906 bits per heavy atom. The van der Waals surface area contributed by atoms with Crippen LogP contribution in [0.2, 0.25) is 15.1 Å². The first kappa shape index (κ1) is 24.5. The van der Waals surface area contributed by atoms with Crippen molar-refractivity contribution in [1.82, 2.24) is 4.31 Å². The van der Waals surface area contributed by atoms with E-state index >= 15 is 0 Å². The van der Waals surface area contributed by atoms with E-state index in [9.17, 15) is 17.6 Å². The summed E-state index contributed by atoms with van der Waals surface area (Å²) in [6.07, 6.45) is 0. The molecule has 0 atom stereocenters. The molecule has 5 nitrogen and oxygen atoms in total. The lowest BCUT2D eigenvalue weighted by Crippen LogP contribution is -2.41. The van der Waals surface area contributed by atoms with Crippen molar-refractivity contribution in [2.24, 2.45) is 0 Å². The number of carbonyl (C=O) groups is 1. The fourth-order valence-corrected chi connectivity index (χ4v) is 4.91. The van der Waals surface area contributed by atoms with Gasteiger partial charge < -0.3 is 4.90 Å². The lowest BCUT2D eigenvalue weighted by atomic mass is 10.2. The van der Waals surface area contributed by atoms with Crippen LogP contribution >= 0.6 is 34.8 Å². The third kappa shape index (κ3) is 5.60. The van der Waals surface area contributed by atoms with Crippen LogP contribution in [-0.2, 0) is 21.4 Å². The van der Waals surface area contributed by atoms with Crippen molar-refractivity contribution in [3.8, 4) is 0 Å². The van der Waals surface area contributed by atoms with Gasteiger partial charge in [-0.2, -0.15) is 4.31 Å². The van der Waals surface area contributed by atoms with Gasteiger partial charge in [-0.05, 0) is 60.7 Å². The standard InChI is InChI=1S/C22H18Cl3FN2O3S/c1-27(17-9-7-16(26)8-10-17)22(29)14-28(13-19-20(24)3-2-4-21(19)25)32(30,31)18-11-5-15(23)6-12-18/h2-12H,13-14H2,1H3. The second kappa shape index (κ2) is 10.2. The Kier molecular flexibility index (Phi) is 7.79. The SMILES string of the molecule is CN(C(=O)CN(Cc1c(Cl)cccc1Cl)S(=O)(=O)c1ccc(Cl)cc1)c1ccc(F)cc1. The Hall–Kier alpha value is -2.16. The van der Waals surface area contributed by atoms with Crippen LogP contribution in [0, 0.1) is 5.82 Å². The number of hydrogen-bond acceptors (Lipinski definition) is 3. The molecule has 168 valence electrons. The molecule has 0 fully saturated rings. The van der Waals surface area contributed by atoms with E-state index in [2.05, 4.69) is 0 Å². The third-order valence-corrected chi connectivity index (χ3v) is 7.51. The Bertz CT molecular complexity index is 1200. The number of hydrogen-bond donors (Lipinski definition) is 0. The minimum Gasteiger partial charge on any atom is -0.314 e. The van der Waals surface area contributed by atoms with E-state index < -0.39 is 28.3 Å². The van der Waals surface area contributed by atoms with Gasteiger partial charge in [0.25, 0.3) is 0 Å². The second-order valence-corrected chi connectivity index (χ2v) is 10.0. The van der Waals surface area contributed by atoms with Gasteiger partial charge in [0.05, 0.1) is 11.4 Å². The quantitative estimate of drug-likeness (QED) is 0.409. The smallest absolute Gasteiger partial charge is 0.243 e. The average molecular weight is 516 g/mol. The molecule has 3 rings (SSSR count). The molecule has 3 aromatic rings. The number of likely N-dealkylation sites (N-methyl/N-ethyl adjacent to an activating group) is 1. The summed E-state index contributed by atoms with van der Waals surface area (Å²) in [5.41, 5.74) is 0.779. The highest BCUT2D eigenvalue weighted by Crippen LogP contribution is 2.29. The number of anilines is 1. The van der Waals surface area contributed by atoms with Gasteiger partial charge in [0.2, 0.25) is 15.9 Å². The monoisotopic (exact) mass is 514 g/mol. The van der Waals surface area contributed by atoms with Crippen LogP contribution in [0.4, 0.5) is 10.1 Å². The summed E-state index contributed by atoms with van der Waals surface area (Å²) in [5, 5.41) is 0.915. The van der Waals surface area contributed by atoms with E-state index in [0.29, 0.717) is 16.3 Å². The molecule has 10 heteroatoms. The Morgan fingerprint density at radius 2 is 1.47 bits per heavy atom. The maximum absolute atomic E-state index is 13.4. The molecule has 32 heavy (non-hydrogen) atoms. The van der Waals surface area contributed by atoms with Crippen molar-refractivity contribution in [2.45, 2.75) is 11.4 Å². The van der Waals surface area contributed by atoms with Crippen LogP contribution in [0.1, 0.15) is 5.56 Å². The first-order valence-corrected chi connectivity index (χ1v) is 11.9. The molecule has 0 aliphatic heterocycles. The van der Waals surface area contributed by atoms with Gasteiger partial charge in [0.15, 0.2) is 0 Å². The number of rotatable bonds is 7. The summed E-state index contributed by atoms with van der Waals surface area (Å²) in [6.45, 7) is -0.729. The van der Waals surface area contributed by atoms with Gasteiger partial charge in [-0.3, -0.25) is 4.79 Å². The van der Waals surface area contributed by atoms with Gasteiger partial charge in [-0.1, -0.05) is 40.9 Å². The zero-order valence-electron chi connectivity index (χ0n) is 16.8. The molecule has 0 heterocycles. The maximum Gasteiger partial charge on any atom is 0.243 e. The molecule has 0 saturated heterocycles. The first-order valence-electron chi connectivity index (χ1n) is 9.30. The Morgan fingerprint density at radius 3 is 2.03 bits per heavy atom. The van der Waals surface area contributed by atoms with Crippen molar-refractivity contribution in [2.75, 3.05) is 18.5 Å². The van der Waals surface area contributed by atoms with Crippen LogP contribution in [0.5, 0.6) is 0 Å². The molecule has 0 aromatic heterocycles. The highest BCUT2D eigenvalue weighted by Gasteiger charge is 2.29. The molecule has 0 spiro atoms. The third-order valence-electron chi connectivity index (χ3n) is 4.75. The average Bonchev–Trinajstić information content (AvgIpc) is 2.75. The topological polar surface area (TPSA) is 57.7 Å². The predicted molar refractivity (Wildman–Crippen MR) is 125 cm³/mol. The van der Waals surface area contributed by atoms with Crippen LogP contribution in [-0.4, -0.2) is 32.2 Å². The fourth-order valence-electron chi connectivity index (χ4n) is 2.91. The van der Waals surface area contributed by atoms with E-state index in [1.807, 2.05) is 0 Å². The molecule has 0 bridgehead atoms. The molecule has 0 N–H and O–H groups in total. The lowest BCUT2D eigenvalue weighted by molar-refractivity contribution is -0.118. The van der Waals surface area contributed by atoms with Crippen molar-refractivity contribution in [3.63, 3.8) is 0 Å². The maximum atomic E-state index is 13.4. The van der Waals surface area contributed by atoms with Gasteiger partial charge in [-0.15, -0.1) is 0 Å². The number of carbonyl (C=O) groups excluding carboxylic acids is 1. The predicted octanol–water partition coefficient (Wildman–Crippen LogP) is 5.64. The fraction of sp³-hybridized carbons (Fsp3) is 0.136. The number of sulfonamides is 1. The number of nitrogens with zero attached hydrogens (tertiary/aromatic N) is 2. The van der Waals surface area contributed by atoms with Gasteiger partial charge >= 0.3 is 0 Å². The second-order valence-electron chi connectivity index (χ2n) is 6.86. The van der Waals surface area contributed by atoms with E-state index in [-0.39, 0.29) is 21.5 Å². The zero-order chi connectivity index (χ0) is 23.5. The van der Waals surface area contributed by atoms with E-state index in [1.54, 1.807) is 18.2 Å². The van der Waals surface area contributed by atoms with Gasteiger partial charge in [0.1, 0.15) is 5.82 Å². The summed E-state index contributed by atoms with van der Waals surface area (Å²) in [4.78, 5) is 14.2. The highest BCUT2D eigenvalue weighted by molar-refractivity contribution is 7.89. The largest absolute Gasteiger partial charge is 0.314 e. The molecule has 0 saturated carbocycles. The number of amides is 1. The zero-order valence-corrected chi connectivity index (χ0v) is 19.9. The number of halogens is 4. The van der Waals surface area contributed by atoms with Gasteiger partial charge in [-0.25, -0.2) is 12.8 Å². The Labute approximate surface area is 201 Å². The number of benzene rings is 3. The minimum atomic E-state index is -4.12. The molecule has 0 aliphatic carbocycles. The summed E-state index contributed by atoms with van der Waals surface area (Å²) < 4.78 is 41.0. The summed E-state index contributed by atoms with van der Waals surface area (Å²) in [6, 6.07) is 15.7. The highest BCUT2D eigenvalue weighted by atomic mass is 35.5. The minimum absolute atomic E-state index is 0.0395. The van der Waals surface area contributed by atoms with Crippen molar-refractivity contribution in [1.29, 1.82) is 0 Å². The summed E-state index contributed by atoms with van der Waals surface area (Å²) in [7, 11) is -2.64. The molecule has 3 aromatic carbocycles. The van der Waals surface area contributed by atoms with E-state index in [0.717, 1.165) is 4.31 Å². The van der Waals surface area contributed by atoms with Crippen molar-refractivity contribution < 1.29 is 17.6 Å². The summed E-state index contributed by atoms with van der Waals surface area (Å²) >= 11 is 18.4. The molecule has 0 radical (unpaired) electrons. The normalized spacial score (nSPS) is 11.6. The molecule has 0 aliphatic rings. The van der Waals surface area contributed by atoms with Crippen LogP contribution < -0.4 is 4.90 Å².